The minimum atomic E-state index is -0.181. The molecule has 6 nitrogen and oxygen atoms in total. The molecule has 0 atom stereocenters. The van der Waals surface area contributed by atoms with Gasteiger partial charge in [0.25, 0.3) is 0 Å². The van der Waals surface area contributed by atoms with Crippen molar-refractivity contribution < 1.29 is 4.39 Å². The Morgan fingerprint density at radius 1 is 1.19 bits per heavy atom. The molecule has 1 aliphatic rings. The monoisotopic (exact) mass is 484 g/mol. The number of nitrogens with zero attached hydrogens (tertiary/aromatic N) is 5. The Labute approximate surface area is 176 Å². The number of aliphatic imine (C=N–C) groups is 1. The summed E-state index contributed by atoms with van der Waals surface area (Å²) in [7, 11) is 0. The van der Waals surface area contributed by atoms with Crippen molar-refractivity contribution in [3.8, 4) is 0 Å². The number of anilines is 1. The van der Waals surface area contributed by atoms with E-state index in [4.69, 9.17) is 4.99 Å². The fourth-order valence-electron chi connectivity index (χ4n) is 2.90. The standard InChI is InChI=1S/C19H25FN6.HI/c1-3-21-18(24-14-16-6-5-15(2)17(20)13-16)25-9-11-26(12-10-25)19-22-7-4-8-23-19;/h4-8,13H,3,9-12,14H2,1-2H3,(H,21,24);1H. The number of rotatable bonds is 4. The molecule has 2 heterocycles. The number of hydrogen-bond donors (Lipinski definition) is 1. The first kappa shape index (κ1) is 21.3. The molecule has 1 fully saturated rings. The third-order valence-corrected chi connectivity index (χ3v) is 4.40. The van der Waals surface area contributed by atoms with E-state index in [-0.39, 0.29) is 29.8 Å². The van der Waals surface area contributed by atoms with E-state index in [1.807, 2.05) is 12.1 Å². The molecule has 1 aliphatic heterocycles. The summed E-state index contributed by atoms with van der Waals surface area (Å²) < 4.78 is 13.7. The second-order valence-corrected chi connectivity index (χ2v) is 6.28. The molecule has 1 N–H and O–H groups in total. The maximum atomic E-state index is 13.7. The molecule has 146 valence electrons. The number of aryl methyl sites for hydroxylation is 1. The molecular formula is C19H26FIN6. The van der Waals surface area contributed by atoms with Crippen LogP contribution in [0.4, 0.5) is 10.3 Å². The molecule has 0 radical (unpaired) electrons. The first-order valence-corrected chi connectivity index (χ1v) is 8.97. The normalized spacial score (nSPS) is 14.7. The molecular weight excluding hydrogens is 458 g/mol. The smallest absolute Gasteiger partial charge is 0.225 e. The average Bonchev–Trinajstić information content (AvgIpc) is 2.68. The van der Waals surface area contributed by atoms with Gasteiger partial charge in [-0.05, 0) is 37.1 Å². The summed E-state index contributed by atoms with van der Waals surface area (Å²) in [6.07, 6.45) is 3.53. The molecule has 0 saturated carbocycles. The fourth-order valence-corrected chi connectivity index (χ4v) is 2.90. The van der Waals surface area contributed by atoms with Crippen LogP contribution in [0.1, 0.15) is 18.1 Å². The van der Waals surface area contributed by atoms with Crippen molar-refractivity contribution in [1.82, 2.24) is 20.2 Å². The van der Waals surface area contributed by atoms with Crippen molar-refractivity contribution in [2.24, 2.45) is 4.99 Å². The Hall–Kier alpha value is -1.97. The Morgan fingerprint density at radius 3 is 2.52 bits per heavy atom. The highest BCUT2D eigenvalue weighted by molar-refractivity contribution is 14.0. The number of hydrogen-bond acceptors (Lipinski definition) is 4. The van der Waals surface area contributed by atoms with Crippen molar-refractivity contribution in [1.29, 1.82) is 0 Å². The predicted molar refractivity (Wildman–Crippen MR) is 117 cm³/mol. The molecule has 8 heteroatoms. The molecule has 1 aromatic carbocycles. The van der Waals surface area contributed by atoms with Gasteiger partial charge in [-0.25, -0.2) is 19.4 Å². The Balaban J connectivity index is 0.00000261. The highest BCUT2D eigenvalue weighted by atomic mass is 127. The van der Waals surface area contributed by atoms with Crippen molar-refractivity contribution in [2.75, 3.05) is 37.6 Å². The molecule has 1 aromatic heterocycles. The van der Waals surface area contributed by atoms with Crippen LogP contribution in [0.3, 0.4) is 0 Å². The number of aromatic nitrogens is 2. The molecule has 27 heavy (non-hydrogen) atoms. The van der Waals surface area contributed by atoms with Gasteiger partial charge in [0.2, 0.25) is 5.95 Å². The van der Waals surface area contributed by atoms with Gasteiger partial charge in [0.05, 0.1) is 6.54 Å². The zero-order valence-electron chi connectivity index (χ0n) is 15.7. The van der Waals surface area contributed by atoms with Crippen LogP contribution in [-0.2, 0) is 6.54 Å². The lowest BCUT2D eigenvalue weighted by molar-refractivity contribution is 0.370. The summed E-state index contributed by atoms with van der Waals surface area (Å²) >= 11 is 0. The second kappa shape index (κ2) is 10.4. The largest absolute Gasteiger partial charge is 0.357 e. The summed E-state index contributed by atoms with van der Waals surface area (Å²) in [5.74, 6) is 1.45. The van der Waals surface area contributed by atoms with Gasteiger partial charge in [-0.3, -0.25) is 0 Å². The molecule has 0 bridgehead atoms. The minimum absolute atomic E-state index is 0. The molecule has 0 unspecified atom stereocenters. The number of nitrogens with one attached hydrogen (secondary N) is 1. The SMILES string of the molecule is CCNC(=NCc1ccc(C)c(F)c1)N1CCN(c2ncccn2)CC1.I. The quantitative estimate of drug-likeness (QED) is 0.411. The van der Waals surface area contributed by atoms with E-state index in [0.29, 0.717) is 12.1 Å². The van der Waals surface area contributed by atoms with E-state index in [9.17, 15) is 4.39 Å². The van der Waals surface area contributed by atoms with Crippen LogP contribution >= 0.6 is 24.0 Å². The highest BCUT2D eigenvalue weighted by Gasteiger charge is 2.21. The fraction of sp³-hybridized carbons (Fsp3) is 0.421. The zero-order chi connectivity index (χ0) is 18.4. The van der Waals surface area contributed by atoms with Gasteiger partial charge < -0.3 is 15.1 Å². The molecule has 2 aromatic rings. The number of benzene rings is 1. The maximum Gasteiger partial charge on any atom is 0.225 e. The van der Waals surface area contributed by atoms with Crippen LogP contribution in [-0.4, -0.2) is 53.6 Å². The number of guanidine groups is 1. The molecule has 0 aliphatic carbocycles. The Bertz CT molecular complexity index is 747. The summed E-state index contributed by atoms with van der Waals surface area (Å²) in [5, 5.41) is 3.34. The summed E-state index contributed by atoms with van der Waals surface area (Å²) in [4.78, 5) is 17.7. The minimum Gasteiger partial charge on any atom is -0.357 e. The first-order chi connectivity index (χ1) is 12.7. The first-order valence-electron chi connectivity index (χ1n) is 8.97. The van der Waals surface area contributed by atoms with Crippen molar-refractivity contribution in [2.45, 2.75) is 20.4 Å². The number of halogens is 2. The Kier molecular flexibility index (Phi) is 8.21. The van der Waals surface area contributed by atoms with Gasteiger partial charge in [0, 0.05) is 45.1 Å². The van der Waals surface area contributed by atoms with Gasteiger partial charge in [-0.1, -0.05) is 12.1 Å². The van der Waals surface area contributed by atoms with Gasteiger partial charge in [0.15, 0.2) is 5.96 Å². The molecule has 1 saturated heterocycles. The third kappa shape index (κ3) is 5.75. The van der Waals surface area contributed by atoms with E-state index in [0.717, 1.165) is 50.2 Å². The van der Waals surface area contributed by atoms with E-state index >= 15 is 0 Å². The van der Waals surface area contributed by atoms with E-state index in [2.05, 4.69) is 32.0 Å². The average molecular weight is 484 g/mol. The van der Waals surface area contributed by atoms with E-state index in [1.54, 1.807) is 31.5 Å². The summed E-state index contributed by atoms with van der Waals surface area (Å²) in [5.41, 5.74) is 1.53. The molecule has 3 rings (SSSR count). The third-order valence-electron chi connectivity index (χ3n) is 4.40. The highest BCUT2D eigenvalue weighted by Crippen LogP contribution is 2.12. The zero-order valence-corrected chi connectivity index (χ0v) is 18.1. The van der Waals surface area contributed by atoms with Crippen LogP contribution in [0.25, 0.3) is 0 Å². The van der Waals surface area contributed by atoms with Gasteiger partial charge in [-0.2, -0.15) is 0 Å². The summed E-state index contributed by atoms with van der Waals surface area (Å²) in [6, 6.07) is 7.11. The lowest BCUT2D eigenvalue weighted by Crippen LogP contribution is -2.52. The van der Waals surface area contributed by atoms with Crippen LogP contribution in [0.15, 0.2) is 41.7 Å². The van der Waals surface area contributed by atoms with Crippen molar-refractivity contribution >= 4 is 35.9 Å². The van der Waals surface area contributed by atoms with Crippen molar-refractivity contribution in [3.63, 3.8) is 0 Å². The number of piperazine rings is 1. The van der Waals surface area contributed by atoms with Gasteiger partial charge in [0.1, 0.15) is 5.82 Å². The van der Waals surface area contributed by atoms with E-state index < -0.39 is 0 Å². The van der Waals surface area contributed by atoms with Crippen LogP contribution in [0, 0.1) is 12.7 Å². The van der Waals surface area contributed by atoms with Gasteiger partial charge >= 0.3 is 0 Å². The maximum absolute atomic E-state index is 13.7. The predicted octanol–water partition coefficient (Wildman–Crippen LogP) is 2.83. The van der Waals surface area contributed by atoms with Gasteiger partial charge in [-0.15, -0.1) is 24.0 Å². The lowest BCUT2D eigenvalue weighted by atomic mass is 10.1. The summed E-state index contributed by atoms with van der Waals surface area (Å²) in [6.45, 7) is 8.43. The van der Waals surface area contributed by atoms with Crippen molar-refractivity contribution in [3.05, 3.63) is 53.6 Å². The van der Waals surface area contributed by atoms with Crippen LogP contribution in [0.2, 0.25) is 0 Å². The molecule has 0 amide bonds. The van der Waals surface area contributed by atoms with Crippen LogP contribution < -0.4 is 10.2 Å². The van der Waals surface area contributed by atoms with Crippen LogP contribution in [0.5, 0.6) is 0 Å². The Morgan fingerprint density at radius 2 is 1.89 bits per heavy atom. The molecule has 0 spiro atoms. The topological polar surface area (TPSA) is 56.7 Å². The second-order valence-electron chi connectivity index (χ2n) is 6.28. The van der Waals surface area contributed by atoms with E-state index in [1.165, 1.54) is 0 Å². The lowest BCUT2D eigenvalue weighted by Gasteiger charge is -2.36.